The second kappa shape index (κ2) is 5.65. The predicted molar refractivity (Wildman–Crippen MR) is 76.6 cm³/mol. The van der Waals surface area contributed by atoms with Crippen molar-refractivity contribution in [2.45, 2.75) is 45.1 Å². The molecule has 2 rings (SSSR count). The summed E-state index contributed by atoms with van der Waals surface area (Å²) in [5.41, 5.74) is 2.45. The molecule has 1 saturated carbocycles. The molecule has 20 heavy (non-hydrogen) atoms. The Morgan fingerprint density at radius 1 is 1.20 bits per heavy atom. The van der Waals surface area contributed by atoms with E-state index in [1.165, 1.54) is 12.5 Å². The van der Waals surface area contributed by atoms with Crippen molar-refractivity contribution in [1.29, 1.82) is 0 Å². The van der Waals surface area contributed by atoms with Crippen LogP contribution >= 0.6 is 0 Å². The van der Waals surface area contributed by atoms with Gasteiger partial charge >= 0.3 is 5.97 Å². The van der Waals surface area contributed by atoms with Crippen molar-refractivity contribution in [2.75, 3.05) is 0 Å². The standard InChI is InChI=1S/C16H21NO3/c1-9(2)11-4-6-12(7-5-11)13-8-14(13)15(18)17-10(3)16(19)20/h4-7,9-10,13-14H,8H2,1-3H3,(H,17,18)(H,19,20)/t10-,13?,14?/m0/s1. The topological polar surface area (TPSA) is 66.4 Å². The largest absolute Gasteiger partial charge is 0.480 e. The summed E-state index contributed by atoms with van der Waals surface area (Å²) in [5, 5.41) is 11.3. The van der Waals surface area contributed by atoms with Crippen molar-refractivity contribution in [2.24, 2.45) is 5.92 Å². The quantitative estimate of drug-likeness (QED) is 0.867. The van der Waals surface area contributed by atoms with Crippen LogP contribution < -0.4 is 5.32 Å². The summed E-state index contributed by atoms with van der Waals surface area (Å²) >= 11 is 0. The normalized spacial score (nSPS) is 22.4. The highest BCUT2D eigenvalue weighted by molar-refractivity contribution is 5.87. The molecule has 0 spiro atoms. The number of hydrogen-bond acceptors (Lipinski definition) is 2. The van der Waals surface area contributed by atoms with E-state index in [0.29, 0.717) is 5.92 Å². The minimum atomic E-state index is -1.00. The number of rotatable bonds is 5. The van der Waals surface area contributed by atoms with Gasteiger partial charge < -0.3 is 10.4 Å². The van der Waals surface area contributed by atoms with Gasteiger partial charge in [0, 0.05) is 5.92 Å². The van der Waals surface area contributed by atoms with Crippen molar-refractivity contribution in [1.82, 2.24) is 5.32 Å². The number of benzene rings is 1. The first-order chi connectivity index (χ1) is 9.40. The lowest BCUT2D eigenvalue weighted by atomic mass is 10.00. The molecule has 0 bridgehead atoms. The first-order valence-corrected chi connectivity index (χ1v) is 7.03. The summed E-state index contributed by atoms with van der Waals surface area (Å²) in [6.07, 6.45) is 0.805. The van der Waals surface area contributed by atoms with Crippen LogP contribution in [0.25, 0.3) is 0 Å². The number of carboxylic acid groups (broad SMARTS) is 1. The van der Waals surface area contributed by atoms with Crippen molar-refractivity contribution < 1.29 is 14.7 Å². The lowest BCUT2D eigenvalue weighted by Crippen LogP contribution is -2.39. The molecule has 4 heteroatoms. The maximum Gasteiger partial charge on any atom is 0.325 e. The number of aliphatic carboxylic acids is 1. The second-order valence-corrected chi connectivity index (χ2v) is 5.84. The van der Waals surface area contributed by atoms with E-state index in [0.717, 1.165) is 12.0 Å². The molecular weight excluding hydrogens is 254 g/mol. The van der Waals surface area contributed by atoms with Gasteiger partial charge in [-0.25, -0.2) is 0 Å². The van der Waals surface area contributed by atoms with E-state index in [2.05, 4.69) is 43.4 Å². The van der Waals surface area contributed by atoms with E-state index < -0.39 is 12.0 Å². The van der Waals surface area contributed by atoms with Crippen LogP contribution in [0.4, 0.5) is 0 Å². The summed E-state index contributed by atoms with van der Waals surface area (Å²) in [5.74, 6) is -0.507. The zero-order valence-electron chi connectivity index (χ0n) is 12.1. The molecule has 4 nitrogen and oxygen atoms in total. The second-order valence-electron chi connectivity index (χ2n) is 5.84. The van der Waals surface area contributed by atoms with Gasteiger partial charge in [-0.1, -0.05) is 38.1 Å². The summed E-state index contributed by atoms with van der Waals surface area (Å²) in [7, 11) is 0. The highest BCUT2D eigenvalue weighted by Gasteiger charge is 2.44. The molecule has 1 aliphatic rings. The Kier molecular flexibility index (Phi) is 4.12. The van der Waals surface area contributed by atoms with Crippen LogP contribution in [0.15, 0.2) is 24.3 Å². The molecule has 2 unspecified atom stereocenters. The first-order valence-electron chi connectivity index (χ1n) is 7.03. The van der Waals surface area contributed by atoms with E-state index >= 15 is 0 Å². The molecule has 0 heterocycles. The minimum Gasteiger partial charge on any atom is -0.480 e. The number of nitrogens with one attached hydrogen (secondary N) is 1. The molecule has 3 atom stereocenters. The Morgan fingerprint density at radius 3 is 2.30 bits per heavy atom. The highest BCUT2D eigenvalue weighted by atomic mass is 16.4. The van der Waals surface area contributed by atoms with E-state index in [-0.39, 0.29) is 17.7 Å². The number of carbonyl (C=O) groups is 2. The Hall–Kier alpha value is -1.84. The van der Waals surface area contributed by atoms with E-state index in [1.54, 1.807) is 0 Å². The van der Waals surface area contributed by atoms with Crippen LogP contribution in [-0.2, 0) is 9.59 Å². The van der Waals surface area contributed by atoms with Crippen LogP contribution in [-0.4, -0.2) is 23.0 Å². The fourth-order valence-electron chi connectivity index (χ4n) is 2.36. The maximum absolute atomic E-state index is 11.9. The molecule has 1 aromatic carbocycles. The minimum absolute atomic E-state index is 0.0818. The smallest absolute Gasteiger partial charge is 0.325 e. The Labute approximate surface area is 119 Å². The van der Waals surface area contributed by atoms with E-state index in [1.807, 2.05) is 0 Å². The molecule has 0 aliphatic heterocycles. The third kappa shape index (κ3) is 3.18. The van der Waals surface area contributed by atoms with Crippen molar-refractivity contribution in [3.63, 3.8) is 0 Å². The molecule has 1 aromatic rings. The average Bonchev–Trinajstić information content (AvgIpc) is 3.18. The number of carbonyl (C=O) groups excluding carboxylic acids is 1. The summed E-state index contributed by atoms with van der Waals surface area (Å²) in [4.78, 5) is 22.6. The highest BCUT2D eigenvalue weighted by Crippen LogP contribution is 2.47. The number of amides is 1. The predicted octanol–water partition coefficient (Wildman–Crippen LogP) is 2.50. The van der Waals surface area contributed by atoms with Gasteiger partial charge in [0.1, 0.15) is 6.04 Å². The monoisotopic (exact) mass is 275 g/mol. The third-order valence-corrected chi connectivity index (χ3v) is 3.89. The van der Waals surface area contributed by atoms with Gasteiger partial charge in [0.05, 0.1) is 0 Å². The molecule has 1 fully saturated rings. The Bertz CT molecular complexity index is 507. The molecule has 2 N–H and O–H groups in total. The molecule has 0 aromatic heterocycles. The van der Waals surface area contributed by atoms with Crippen LogP contribution in [0.1, 0.15) is 50.2 Å². The Morgan fingerprint density at radius 2 is 1.80 bits per heavy atom. The average molecular weight is 275 g/mol. The maximum atomic E-state index is 11.9. The molecular formula is C16H21NO3. The zero-order chi connectivity index (χ0) is 14.9. The van der Waals surface area contributed by atoms with Crippen molar-refractivity contribution >= 4 is 11.9 Å². The van der Waals surface area contributed by atoms with Crippen LogP contribution in [0.3, 0.4) is 0 Å². The van der Waals surface area contributed by atoms with E-state index in [4.69, 9.17) is 5.11 Å². The molecule has 108 valence electrons. The molecule has 1 aliphatic carbocycles. The van der Waals surface area contributed by atoms with Gasteiger partial charge in [-0.3, -0.25) is 9.59 Å². The van der Waals surface area contributed by atoms with Gasteiger partial charge in [-0.05, 0) is 36.3 Å². The van der Waals surface area contributed by atoms with Gasteiger partial charge in [-0.15, -0.1) is 0 Å². The summed E-state index contributed by atoms with van der Waals surface area (Å²) < 4.78 is 0. The van der Waals surface area contributed by atoms with Crippen molar-refractivity contribution in [3.8, 4) is 0 Å². The van der Waals surface area contributed by atoms with Crippen LogP contribution in [0.2, 0.25) is 0 Å². The fraction of sp³-hybridized carbons (Fsp3) is 0.500. The van der Waals surface area contributed by atoms with E-state index in [9.17, 15) is 9.59 Å². The Balaban J connectivity index is 1.94. The fourth-order valence-corrected chi connectivity index (χ4v) is 2.36. The van der Waals surface area contributed by atoms with Gasteiger partial charge in [-0.2, -0.15) is 0 Å². The van der Waals surface area contributed by atoms with Gasteiger partial charge in [0.15, 0.2) is 0 Å². The lowest BCUT2D eigenvalue weighted by Gasteiger charge is -2.09. The number of carboxylic acids is 1. The van der Waals surface area contributed by atoms with Gasteiger partial charge in [0.2, 0.25) is 5.91 Å². The van der Waals surface area contributed by atoms with Crippen LogP contribution in [0, 0.1) is 5.92 Å². The summed E-state index contributed by atoms with van der Waals surface area (Å²) in [6.45, 7) is 5.78. The zero-order valence-corrected chi connectivity index (χ0v) is 12.1. The SMILES string of the molecule is CC(C)c1ccc(C2CC2C(=O)N[C@@H](C)C(=O)O)cc1. The number of hydrogen-bond donors (Lipinski definition) is 2. The molecule has 1 amide bonds. The lowest BCUT2D eigenvalue weighted by molar-refractivity contribution is -0.141. The first kappa shape index (κ1) is 14.6. The van der Waals surface area contributed by atoms with Crippen LogP contribution in [0.5, 0.6) is 0 Å². The van der Waals surface area contributed by atoms with Crippen molar-refractivity contribution in [3.05, 3.63) is 35.4 Å². The third-order valence-electron chi connectivity index (χ3n) is 3.89. The molecule has 0 saturated heterocycles. The molecule has 0 radical (unpaired) electrons. The summed E-state index contributed by atoms with van der Waals surface area (Å²) in [6, 6.07) is 7.54. The van der Waals surface area contributed by atoms with Gasteiger partial charge in [0.25, 0.3) is 0 Å².